The Kier molecular flexibility index (Phi) is 3.14. The zero-order valence-electron chi connectivity index (χ0n) is 11.4. The predicted molar refractivity (Wildman–Crippen MR) is 69.3 cm³/mol. The first-order chi connectivity index (χ1) is 8.64. The van der Waals surface area contributed by atoms with Crippen LogP contribution in [0, 0.1) is 5.41 Å². The van der Waals surface area contributed by atoms with E-state index in [4.69, 9.17) is 4.52 Å². The van der Waals surface area contributed by atoms with Gasteiger partial charge in [0.25, 0.3) is 0 Å². The standard InChI is InChI=1S/C14H23N3O/c1-14(2)7-5-10(6-8-14)12-16-13(18-17-12)11-4-3-9-15-11/h10-11,15H,3-9H2,1-2H3/t11-/m1/s1. The summed E-state index contributed by atoms with van der Waals surface area (Å²) in [6, 6.07) is 0.297. The highest BCUT2D eigenvalue weighted by Gasteiger charge is 2.31. The Labute approximate surface area is 109 Å². The van der Waals surface area contributed by atoms with Crippen molar-refractivity contribution < 1.29 is 4.52 Å². The Morgan fingerprint density at radius 3 is 2.67 bits per heavy atom. The maximum absolute atomic E-state index is 5.43. The van der Waals surface area contributed by atoms with E-state index in [1.54, 1.807) is 0 Å². The zero-order chi connectivity index (χ0) is 12.6. The van der Waals surface area contributed by atoms with Crippen LogP contribution in [0.15, 0.2) is 4.52 Å². The molecule has 100 valence electrons. The van der Waals surface area contributed by atoms with Crippen LogP contribution in [0.5, 0.6) is 0 Å². The number of aromatic nitrogens is 2. The minimum Gasteiger partial charge on any atom is -0.338 e. The molecule has 3 rings (SSSR count). The van der Waals surface area contributed by atoms with E-state index in [1.807, 2.05) is 0 Å². The molecule has 0 amide bonds. The molecule has 2 heterocycles. The summed E-state index contributed by atoms with van der Waals surface area (Å²) in [5, 5.41) is 7.61. The zero-order valence-corrected chi connectivity index (χ0v) is 11.4. The van der Waals surface area contributed by atoms with Gasteiger partial charge in [-0.1, -0.05) is 19.0 Å². The summed E-state index contributed by atoms with van der Waals surface area (Å²) >= 11 is 0. The molecule has 0 spiro atoms. The average molecular weight is 249 g/mol. The molecule has 4 heteroatoms. The molecule has 1 aliphatic heterocycles. The van der Waals surface area contributed by atoms with Gasteiger partial charge in [-0.2, -0.15) is 4.98 Å². The second-order valence-electron chi connectivity index (χ2n) is 6.58. The molecule has 1 aliphatic carbocycles. The summed E-state index contributed by atoms with van der Waals surface area (Å²) < 4.78 is 5.43. The van der Waals surface area contributed by atoms with E-state index in [9.17, 15) is 0 Å². The largest absolute Gasteiger partial charge is 0.338 e. The lowest BCUT2D eigenvalue weighted by atomic mass is 9.73. The summed E-state index contributed by atoms with van der Waals surface area (Å²) in [6.45, 7) is 5.78. The van der Waals surface area contributed by atoms with Crippen molar-refractivity contribution in [2.75, 3.05) is 6.54 Å². The van der Waals surface area contributed by atoms with Gasteiger partial charge in [0.05, 0.1) is 6.04 Å². The summed E-state index contributed by atoms with van der Waals surface area (Å²) in [7, 11) is 0. The number of hydrogen-bond acceptors (Lipinski definition) is 4. The van der Waals surface area contributed by atoms with Gasteiger partial charge in [0, 0.05) is 5.92 Å². The van der Waals surface area contributed by atoms with Crippen molar-refractivity contribution in [1.82, 2.24) is 15.5 Å². The molecule has 2 aliphatic rings. The Morgan fingerprint density at radius 1 is 1.22 bits per heavy atom. The van der Waals surface area contributed by atoms with Crippen LogP contribution < -0.4 is 5.32 Å². The van der Waals surface area contributed by atoms with Crippen molar-refractivity contribution in [3.8, 4) is 0 Å². The normalized spacial score (nSPS) is 28.7. The molecule has 0 unspecified atom stereocenters. The molecule has 1 aromatic heterocycles. The van der Waals surface area contributed by atoms with Crippen LogP contribution in [-0.2, 0) is 0 Å². The van der Waals surface area contributed by atoms with E-state index in [-0.39, 0.29) is 0 Å². The van der Waals surface area contributed by atoms with Crippen LogP contribution >= 0.6 is 0 Å². The van der Waals surface area contributed by atoms with Gasteiger partial charge >= 0.3 is 0 Å². The van der Waals surface area contributed by atoms with Crippen molar-refractivity contribution in [3.05, 3.63) is 11.7 Å². The van der Waals surface area contributed by atoms with Gasteiger partial charge < -0.3 is 9.84 Å². The first kappa shape index (κ1) is 12.2. The second-order valence-corrected chi connectivity index (χ2v) is 6.58. The van der Waals surface area contributed by atoms with Crippen LogP contribution in [0.25, 0.3) is 0 Å². The lowest BCUT2D eigenvalue weighted by molar-refractivity contribution is 0.218. The fraction of sp³-hybridized carbons (Fsp3) is 0.857. The SMILES string of the molecule is CC1(C)CCC(c2noc([C@H]3CCCN3)n2)CC1. The quantitative estimate of drug-likeness (QED) is 0.874. The van der Waals surface area contributed by atoms with E-state index < -0.39 is 0 Å². The first-order valence-electron chi connectivity index (χ1n) is 7.21. The highest BCUT2D eigenvalue weighted by atomic mass is 16.5. The topological polar surface area (TPSA) is 51.0 Å². The summed E-state index contributed by atoms with van der Waals surface area (Å²) in [6.07, 6.45) is 7.26. The lowest BCUT2D eigenvalue weighted by Crippen LogP contribution is -2.21. The minimum atomic E-state index is 0.297. The molecule has 2 fully saturated rings. The molecular weight excluding hydrogens is 226 g/mol. The molecule has 1 N–H and O–H groups in total. The Balaban J connectivity index is 1.66. The molecule has 1 atom stereocenters. The van der Waals surface area contributed by atoms with Gasteiger partial charge in [0.2, 0.25) is 5.89 Å². The van der Waals surface area contributed by atoms with Crippen molar-refractivity contribution in [3.63, 3.8) is 0 Å². The van der Waals surface area contributed by atoms with Crippen LogP contribution in [0.3, 0.4) is 0 Å². The molecule has 1 saturated heterocycles. The van der Waals surface area contributed by atoms with E-state index >= 15 is 0 Å². The first-order valence-corrected chi connectivity index (χ1v) is 7.21. The Bertz CT molecular complexity index is 397. The molecule has 18 heavy (non-hydrogen) atoms. The Hall–Kier alpha value is -0.900. The lowest BCUT2D eigenvalue weighted by Gasteiger charge is -2.32. The molecule has 0 bridgehead atoms. The monoisotopic (exact) mass is 249 g/mol. The predicted octanol–water partition coefficient (Wildman–Crippen LogP) is 3.18. The van der Waals surface area contributed by atoms with Crippen molar-refractivity contribution in [2.45, 2.75) is 64.3 Å². The van der Waals surface area contributed by atoms with Gasteiger partial charge in [0.15, 0.2) is 5.82 Å². The van der Waals surface area contributed by atoms with Crippen LogP contribution in [0.1, 0.15) is 76.0 Å². The smallest absolute Gasteiger partial charge is 0.243 e. The van der Waals surface area contributed by atoms with Gasteiger partial charge in [-0.25, -0.2) is 0 Å². The van der Waals surface area contributed by atoms with Crippen molar-refractivity contribution >= 4 is 0 Å². The summed E-state index contributed by atoms with van der Waals surface area (Å²) in [4.78, 5) is 4.62. The minimum absolute atomic E-state index is 0.297. The summed E-state index contributed by atoms with van der Waals surface area (Å²) in [5.41, 5.74) is 0.496. The van der Waals surface area contributed by atoms with Crippen molar-refractivity contribution in [1.29, 1.82) is 0 Å². The van der Waals surface area contributed by atoms with Gasteiger partial charge in [-0.05, 0) is 50.5 Å². The number of nitrogens with zero attached hydrogens (tertiary/aromatic N) is 2. The number of rotatable bonds is 2. The molecule has 1 saturated carbocycles. The maximum atomic E-state index is 5.43. The van der Waals surface area contributed by atoms with Crippen LogP contribution in [0.2, 0.25) is 0 Å². The average Bonchev–Trinajstić information content (AvgIpc) is 2.99. The fourth-order valence-corrected chi connectivity index (χ4v) is 3.11. The second kappa shape index (κ2) is 4.65. The molecule has 4 nitrogen and oxygen atoms in total. The Morgan fingerprint density at radius 2 is 2.00 bits per heavy atom. The fourth-order valence-electron chi connectivity index (χ4n) is 3.11. The van der Waals surface area contributed by atoms with E-state index in [0.29, 0.717) is 17.4 Å². The van der Waals surface area contributed by atoms with Gasteiger partial charge in [-0.3, -0.25) is 0 Å². The highest BCUT2D eigenvalue weighted by molar-refractivity contribution is 5.02. The van der Waals surface area contributed by atoms with E-state index in [1.165, 1.54) is 32.1 Å². The van der Waals surface area contributed by atoms with Gasteiger partial charge in [-0.15, -0.1) is 0 Å². The number of hydrogen-bond donors (Lipinski definition) is 1. The van der Waals surface area contributed by atoms with E-state index in [2.05, 4.69) is 29.3 Å². The summed E-state index contributed by atoms with van der Waals surface area (Å²) in [5.74, 6) is 2.25. The van der Waals surface area contributed by atoms with Crippen LogP contribution in [-0.4, -0.2) is 16.7 Å². The number of nitrogens with one attached hydrogen (secondary N) is 1. The van der Waals surface area contributed by atoms with Gasteiger partial charge in [0.1, 0.15) is 0 Å². The third-order valence-electron chi connectivity index (χ3n) is 4.52. The highest BCUT2D eigenvalue weighted by Crippen LogP contribution is 2.41. The third kappa shape index (κ3) is 2.44. The van der Waals surface area contributed by atoms with Crippen molar-refractivity contribution in [2.24, 2.45) is 5.41 Å². The molecular formula is C14H23N3O. The molecule has 1 aromatic rings. The maximum Gasteiger partial charge on any atom is 0.243 e. The third-order valence-corrected chi connectivity index (χ3v) is 4.52. The molecule has 0 aromatic carbocycles. The van der Waals surface area contributed by atoms with E-state index in [0.717, 1.165) is 24.7 Å². The molecule has 0 radical (unpaired) electrons. The van der Waals surface area contributed by atoms with Crippen LogP contribution in [0.4, 0.5) is 0 Å².